The van der Waals surface area contributed by atoms with E-state index in [1.807, 2.05) is 16.9 Å². The van der Waals surface area contributed by atoms with Crippen molar-refractivity contribution in [2.45, 2.75) is 39.8 Å². The molecule has 2 rings (SSSR count). The maximum absolute atomic E-state index is 4.62. The van der Waals surface area contributed by atoms with Gasteiger partial charge < -0.3 is 10.6 Å². The predicted molar refractivity (Wildman–Crippen MR) is 111 cm³/mol. The molecule has 0 aliphatic carbocycles. The molecule has 0 bridgehead atoms. The molecule has 1 heterocycles. The molecule has 0 atom stereocenters. The first-order valence-electron chi connectivity index (χ1n) is 8.39. The summed E-state index contributed by atoms with van der Waals surface area (Å²) in [5, 5.41) is 11.0. The van der Waals surface area contributed by atoms with Gasteiger partial charge in [-0.2, -0.15) is 5.10 Å². The van der Waals surface area contributed by atoms with Crippen molar-refractivity contribution in [3.63, 3.8) is 0 Å². The van der Waals surface area contributed by atoms with Gasteiger partial charge in [0.25, 0.3) is 0 Å². The van der Waals surface area contributed by atoms with Crippen LogP contribution in [0.2, 0.25) is 0 Å². The topological polar surface area (TPSA) is 54.2 Å². The van der Waals surface area contributed by atoms with Crippen molar-refractivity contribution in [3.8, 4) is 0 Å². The quantitative estimate of drug-likeness (QED) is 0.286. The van der Waals surface area contributed by atoms with Gasteiger partial charge in [0.2, 0.25) is 0 Å². The first kappa shape index (κ1) is 20.5. The zero-order valence-electron chi connectivity index (χ0n) is 14.5. The molecule has 0 saturated carbocycles. The summed E-state index contributed by atoms with van der Waals surface area (Å²) >= 11 is 0. The third-order valence-corrected chi connectivity index (χ3v) is 3.46. The molecule has 0 amide bonds. The van der Waals surface area contributed by atoms with Gasteiger partial charge >= 0.3 is 0 Å². The molecule has 2 N–H and O–H groups in total. The number of nitrogens with one attached hydrogen (secondary N) is 2. The van der Waals surface area contributed by atoms with Crippen molar-refractivity contribution in [1.29, 1.82) is 0 Å². The minimum Gasteiger partial charge on any atom is -0.357 e. The van der Waals surface area contributed by atoms with Crippen LogP contribution in [0.15, 0.2) is 47.7 Å². The molecule has 6 heteroatoms. The molecule has 0 saturated heterocycles. The molecule has 0 aliphatic rings. The third kappa shape index (κ3) is 7.33. The molecule has 2 aromatic rings. The smallest absolute Gasteiger partial charge is 0.191 e. The average Bonchev–Trinajstić information content (AvgIpc) is 3.01. The van der Waals surface area contributed by atoms with Gasteiger partial charge in [0.05, 0.1) is 19.3 Å². The summed E-state index contributed by atoms with van der Waals surface area (Å²) in [4.78, 5) is 4.62. The fourth-order valence-corrected chi connectivity index (χ4v) is 2.24. The Labute approximate surface area is 162 Å². The highest BCUT2D eigenvalue weighted by molar-refractivity contribution is 14.0. The van der Waals surface area contributed by atoms with Crippen molar-refractivity contribution >= 4 is 29.9 Å². The molecule has 1 aromatic heterocycles. The van der Waals surface area contributed by atoms with Crippen molar-refractivity contribution in [1.82, 2.24) is 20.4 Å². The maximum atomic E-state index is 4.62. The van der Waals surface area contributed by atoms with E-state index in [2.05, 4.69) is 65.0 Å². The van der Waals surface area contributed by atoms with Gasteiger partial charge in [0, 0.05) is 24.8 Å². The van der Waals surface area contributed by atoms with Crippen LogP contribution in [0.4, 0.5) is 0 Å². The normalized spacial score (nSPS) is 11.0. The predicted octanol–water partition coefficient (Wildman–Crippen LogP) is 3.40. The summed E-state index contributed by atoms with van der Waals surface area (Å²) < 4.78 is 1.96. The SMILES string of the molecule is CCCCNC(=NCc1cnn(Cc2ccccc2)c1)NCC.I. The van der Waals surface area contributed by atoms with Crippen LogP contribution in [0, 0.1) is 0 Å². The van der Waals surface area contributed by atoms with E-state index in [-0.39, 0.29) is 24.0 Å². The van der Waals surface area contributed by atoms with Crippen molar-refractivity contribution < 1.29 is 0 Å². The largest absolute Gasteiger partial charge is 0.357 e. The number of benzene rings is 1. The number of hydrogen-bond acceptors (Lipinski definition) is 2. The van der Waals surface area contributed by atoms with Crippen LogP contribution in [-0.4, -0.2) is 28.8 Å². The van der Waals surface area contributed by atoms with E-state index in [4.69, 9.17) is 0 Å². The van der Waals surface area contributed by atoms with Gasteiger partial charge in [-0.1, -0.05) is 43.7 Å². The lowest BCUT2D eigenvalue weighted by Crippen LogP contribution is -2.37. The molecule has 0 fully saturated rings. The van der Waals surface area contributed by atoms with E-state index >= 15 is 0 Å². The Morgan fingerprint density at radius 3 is 2.62 bits per heavy atom. The molecule has 0 radical (unpaired) electrons. The minimum atomic E-state index is 0. The maximum Gasteiger partial charge on any atom is 0.191 e. The Balaban J connectivity index is 0.00000288. The van der Waals surface area contributed by atoms with Gasteiger partial charge in [0.1, 0.15) is 0 Å². The molecular weight excluding hydrogens is 413 g/mol. The summed E-state index contributed by atoms with van der Waals surface area (Å²) in [5.41, 5.74) is 2.37. The Morgan fingerprint density at radius 1 is 1.12 bits per heavy atom. The van der Waals surface area contributed by atoms with Crippen LogP contribution in [0.3, 0.4) is 0 Å². The lowest BCUT2D eigenvalue weighted by atomic mass is 10.2. The highest BCUT2D eigenvalue weighted by Gasteiger charge is 2.01. The van der Waals surface area contributed by atoms with E-state index in [9.17, 15) is 0 Å². The lowest BCUT2D eigenvalue weighted by molar-refractivity contribution is 0.686. The second kappa shape index (κ2) is 11.9. The van der Waals surface area contributed by atoms with Crippen molar-refractivity contribution in [2.75, 3.05) is 13.1 Å². The molecule has 0 aliphatic heterocycles. The molecule has 0 unspecified atom stereocenters. The van der Waals surface area contributed by atoms with Crippen LogP contribution in [0.5, 0.6) is 0 Å². The number of unbranched alkanes of at least 4 members (excludes halogenated alkanes) is 1. The van der Waals surface area contributed by atoms with E-state index in [1.165, 1.54) is 12.0 Å². The van der Waals surface area contributed by atoms with Crippen LogP contribution in [-0.2, 0) is 13.1 Å². The summed E-state index contributed by atoms with van der Waals surface area (Å²) in [7, 11) is 0. The highest BCUT2D eigenvalue weighted by atomic mass is 127. The second-order valence-corrected chi connectivity index (χ2v) is 5.51. The molecule has 132 valence electrons. The Kier molecular flexibility index (Phi) is 10.1. The monoisotopic (exact) mass is 441 g/mol. The van der Waals surface area contributed by atoms with E-state index in [1.54, 1.807) is 0 Å². The van der Waals surface area contributed by atoms with Gasteiger partial charge in [-0.15, -0.1) is 24.0 Å². The van der Waals surface area contributed by atoms with Crippen LogP contribution >= 0.6 is 24.0 Å². The number of guanidine groups is 1. The lowest BCUT2D eigenvalue weighted by Gasteiger charge is -2.10. The Hall–Kier alpha value is -1.57. The van der Waals surface area contributed by atoms with Gasteiger partial charge in [-0.05, 0) is 18.9 Å². The van der Waals surface area contributed by atoms with E-state index in [0.29, 0.717) is 6.54 Å². The molecule has 1 aromatic carbocycles. The fourth-order valence-electron chi connectivity index (χ4n) is 2.24. The number of aliphatic imine (C=N–C) groups is 1. The Morgan fingerprint density at radius 2 is 1.92 bits per heavy atom. The van der Waals surface area contributed by atoms with Crippen molar-refractivity contribution in [2.24, 2.45) is 4.99 Å². The number of rotatable bonds is 8. The standard InChI is InChI=1S/C18H27N5.HI/c1-3-5-11-20-18(19-4-2)21-12-17-13-22-23(15-17)14-16-9-7-6-8-10-16;/h6-10,13,15H,3-5,11-12,14H2,1-2H3,(H2,19,20,21);1H. The summed E-state index contributed by atoms with van der Waals surface area (Å²) in [6, 6.07) is 10.4. The van der Waals surface area contributed by atoms with Crippen LogP contribution in [0.1, 0.15) is 37.8 Å². The first-order chi connectivity index (χ1) is 11.3. The van der Waals surface area contributed by atoms with E-state index < -0.39 is 0 Å². The summed E-state index contributed by atoms with van der Waals surface area (Å²) in [6.45, 7) is 7.51. The third-order valence-electron chi connectivity index (χ3n) is 3.46. The zero-order valence-corrected chi connectivity index (χ0v) is 16.9. The molecule has 5 nitrogen and oxygen atoms in total. The summed E-state index contributed by atoms with van der Waals surface area (Å²) in [6.07, 6.45) is 6.28. The molecular formula is C18H28IN5. The van der Waals surface area contributed by atoms with Gasteiger partial charge in [-0.25, -0.2) is 4.99 Å². The first-order valence-corrected chi connectivity index (χ1v) is 8.39. The minimum absolute atomic E-state index is 0. The van der Waals surface area contributed by atoms with Crippen LogP contribution < -0.4 is 10.6 Å². The fraction of sp³-hybridized carbons (Fsp3) is 0.444. The molecule has 0 spiro atoms. The van der Waals surface area contributed by atoms with Crippen LogP contribution in [0.25, 0.3) is 0 Å². The number of halogens is 1. The van der Waals surface area contributed by atoms with E-state index in [0.717, 1.165) is 37.6 Å². The Bertz CT molecular complexity index is 594. The number of hydrogen-bond donors (Lipinski definition) is 2. The summed E-state index contributed by atoms with van der Waals surface area (Å²) in [5.74, 6) is 0.872. The number of aromatic nitrogens is 2. The van der Waals surface area contributed by atoms with Crippen molar-refractivity contribution in [3.05, 3.63) is 53.9 Å². The average molecular weight is 441 g/mol. The van der Waals surface area contributed by atoms with Gasteiger partial charge in [0.15, 0.2) is 5.96 Å². The second-order valence-electron chi connectivity index (χ2n) is 5.51. The molecule has 24 heavy (non-hydrogen) atoms. The zero-order chi connectivity index (χ0) is 16.3. The highest BCUT2D eigenvalue weighted by Crippen LogP contribution is 2.05. The van der Waals surface area contributed by atoms with Gasteiger partial charge in [-0.3, -0.25) is 4.68 Å². The number of nitrogens with zero attached hydrogens (tertiary/aromatic N) is 3.